The van der Waals surface area contributed by atoms with E-state index in [1.165, 1.54) is 0 Å². The predicted molar refractivity (Wildman–Crippen MR) is 122 cm³/mol. The van der Waals surface area contributed by atoms with Gasteiger partial charge in [-0.25, -0.2) is 9.97 Å². The molecule has 0 atom stereocenters. The summed E-state index contributed by atoms with van der Waals surface area (Å²) in [4.78, 5) is 30.7. The van der Waals surface area contributed by atoms with Crippen molar-refractivity contribution in [2.45, 2.75) is 6.42 Å². The highest BCUT2D eigenvalue weighted by atomic mass is 16.1. The van der Waals surface area contributed by atoms with Gasteiger partial charge in [-0.15, -0.1) is 0 Å². The third-order valence-corrected chi connectivity index (χ3v) is 4.80. The van der Waals surface area contributed by atoms with E-state index >= 15 is 0 Å². The van der Waals surface area contributed by atoms with Crippen LogP contribution in [-0.2, 0) is 0 Å². The number of nitrogens with zero attached hydrogens (tertiary/aromatic N) is 4. The molecule has 0 radical (unpaired) electrons. The Hall–Kier alpha value is -3.78. The molecule has 4 aromatic rings. The molecule has 4 rings (SSSR count). The van der Waals surface area contributed by atoms with Crippen LogP contribution in [0.3, 0.4) is 0 Å². The molecule has 0 saturated heterocycles. The van der Waals surface area contributed by atoms with E-state index in [1.807, 2.05) is 56.6 Å². The maximum absolute atomic E-state index is 12.4. The summed E-state index contributed by atoms with van der Waals surface area (Å²) in [6, 6.07) is 13.4. The molecule has 8 nitrogen and oxygen atoms in total. The van der Waals surface area contributed by atoms with Crippen LogP contribution in [0.2, 0.25) is 0 Å². The second kappa shape index (κ2) is 9.36. The fraction of sp³-hybridized carbons (Fsp3) is 0.217. The lowest BCUT2D eigenvalue weighted by molar-refractivity contribution is 0.0948. The van der Waals surface area contributed by atoms with Crippen molar-refractivity contribution in [1.29, 1.82) is 0 Å². The van der Waals surface area contributed by atoms with Crippen LogP contribution >= 0.6 is 0 Å². The van der Waals surface area contributed by atoms with E-state index in [9.17, 15) is 4.79 Å². The Labute approximate surface area is 180 Å². The minimum Gasteiger partial charge on any atom is -0.351 e. The van der Waals surface area contributed by atoms with Crippen LogP contribution in [0, 0.1) is 0 Å². The number of anilines is 2. The predicted octanol–water partition coefficient (Wildman–Crippen LogP) is 3.45. The molecule has 8 heteroatoms. The average Bonchev–Trinajstić information content (AvgIpc) is 3.21. The SMILES string of the molecule is CN(C)CCCNC(=O)c1cc2cc(Nc3nccc(-c4cccnc4)n3)ccc2[nH]1. The van der Waals surface area contributed by atoms with Gasteiger partial charge in [0.2, 0.25) is 5.95 Å². The number of fused-ring (bicyclic) bond motifs is 1. The van der Waals surface area contributed by atoms with Crippen LogP contribution in [0.1, 0.15) is 16.9 Å². The van der Waals surface area contributed by atoms with E-state index < -0.39 is 0 Å². The number of hydrogen-bond acceptors (Lipinski definition) is 6. The van der Waals surface area contributed by atoms with Crippen LogP contribution in [0.5, 0.6) is 0 Å². The summed E-state index contributed by atoms with van der Waals surface area (Å²) in [5.74, 6) is 0.395. The van der Waals surface area contributed by atoms with Crippen molar-refractivity contribution in [3.05, 3.63) is 66.7 Å². The molecule has 0 aliphatic heterocycles. The van der Waals surface area contributed by atoms with Crippen LogP contribution in [0.15, 0.2) is 61.1 Å². The van der Waals surface area contributed by atoms with Gasteiger partial charge in [0, 0.05) is 47.3 Å². The third kappa shape index (κ3) is 5.23. The summed E-state index contributed by atoms with van der Waals surface area (Å²) >= 11 is 0. The van der Waals surface area contributed by atoms with Crippen molar-refractivity contribution < 1.29 is 4.79 Å². The Kier molecular flexibility index (Phi) is 6.18. The fourth-order valence-electron chi connectivity index (χ4n) is 3.25. The van der Waals surface area contributed by atoms with E-state index in [4.69, 9.17) is 0 Å². The zero-order valence-corrected chi connectivity index (χ0v) is 17.6. The number of amides is 1. The highest BCUT2D eigenvalue weighted by Crippen LogP contribution is 2.23. The summed E-state index contributed by atoms with van der Waals surface area (Å²) < 4.78 is 0. The molecule has 31 heavy (non-hydrogen) atoms. The van der Waals surface area contributed by atoms with E-state index in [0.717, 1.165) is 40.8 Å². The number of hydrogen-bond donors (Lipinski definition) is 3. The first-order chi connectivity index (χ1) is 15.1. The normalized spacial score (nSPS) is 11.1. The molecular weight excluding hydrogens is 390 g/mol. The standard InChI is InChI=1S/C23H25N7O/c1-30(2)12-4-10-25-22(31)21-14-17-13-18(6-7-19(17)28-21)27-23-26-11-8-20(29-23)16-5-3-9-24-15-16/h3,5-9,11,13-15,28H,4,10,12H2,1-2H3,(H,25,31)(H,26,27,29). The van der Waals surface area contributed by atoms with Gasteiger partial charge in [0.15, 0.2) is 0 Å². The lowest BCUT2D eigenvalue weighted by Crippen LogP contribution is -2.27. The summed E-state index contributed by atoms with van der Waals surface area (Å²) in [6.07, 6.45) is 6.12. The summed E-state index contributed by atoms with van der Waals surface area (Å²) in [7, 11) is 4.04. The van der Waals surface area contributed by atoms with Gasteiger partial charge in [0.25, 0.3) is 5.91 Å². The first kappa shape index (κ1) is 20.5. The van der Waals surface area contributed by atoms with Gasteiger partial charge < -0.3 is 20.5 Å². The Morgan fingerprint density at radius 2 is 2.03 bits per heavy atom. The van der Waals surface area contributed by atoms with Crippen molar-refractivity contribution in [2.75, 3.05) is 32.5 Å². The molecule has 1 amide bonds. The molecule has 0 unspecified atom stereocenters. The lowest BCUT2D eigenvalue weighted by atomic mass is 10.2. The molecule has 0 aliphatic rings. The van der Waals surface area contributed by atoms with Crippen LogP contribution in [-0.4, -0.2) is 57.9 Å². The molecule has 1 aromatic carbocycles. The van der Waals surface area contributed by atoms with Crippen LogP contribution in [0.4, 0.5) is 11.6 Å². The van der Waals surface area contributed by atoms with Gasteiger partial charge in [-0.05, 0) is 69.5 Å². The van der Waals surface area contributed by atoms with Gasteiger partial charge in [-0.3, -0.25) is 9.78 Å². The topological polar surface area (TPSA) is 98.8 Å². The van der Waals surface area contributed by atoms with Gasteiger partial charge in [-0.1, -0.05) is 0 Å². The van der Waals surface area contributed by atoms with E-state index in [1.54, 1.807) is 18.6 Å². The van der Waals surface area contributed by atoms with Crippen molar-refractivity contribution in [3.8, 4) is 11.3 Å². The number of aromatic nitrogens is 4. The summed E-state index contributed by atoms with van der Waals surface area (Å²) in [5, 5.41) is 7.13. The van der Waals surface area contributed by atoms with Crippen molar-refractivity contribution in [3.63, 3.8) is 0 Å². The largest absolute Gasteiger partial charge is 0.351 e. The molecule has 0 saturated carbocycles. The highest BCUT2D eigenvalue weighted by Gasteiger charge is 2.10. The number of benzene rings is 1. The number of rotatable bonds is 8. The summed E-state index contributed by atoms with van der Waals surface area (Å²) in [5.41, 5.74) is 4.01. The molecule has 0 aliphatic carbocycles. The maximum Gasteiger partial charge on any atom is 0.267 e. The minimum absolute atomic E-state index is 0.100. The molecule has 3 aromatic heterocycles. The minimum atomic E-state index is -0.100. The fourth-order valence-corrected chi connectivity index (χ4v) is 3.25. The highest BCUT2D eigenvalue weighted by molar-refractivity contribution is 5.98. The molecule has 158 valence electrons. The number of aromatic amines is 1. The Bertz CT molecular complexity index is 1170. The van der Waals surface area contributed by atoms with Gasteiger partial charge in [0.05, 0.1) is 5.69 Å². The number of pyridine rings is 1. The third-order valence-electron chi connectivity index (χ3n) is 4.80. The Morgan fingerprint density at radius 1 is 1.13 bits per heavy atom. The van der Waals surface area contributed by atoms with Gasteiger partial charge in [-0.2, -0.15) is 0 Å². The molecule has 3 N–H and O–H groups in total. The zero-order chi connectivity index (χ0) is 21.6. The number of H-pyrrole nitrogens is 1. The number of nitrogens with one attached hydrogen (secondary N) is 3. The first-order valence-electron chi connectivity index (χ1n) is 10.1. The zero-order valence-electron chi connectivity index (χ0n) is 17.6. The van der Waals surface area contributed by atoms with Crippen molar-refractivity contribution in [1.82, 2.24) is 30.2 Å². The monoisotopic (exact) mass is 415 g/mol. The molecule has 0 spiro atoms. The van der Waals surface area contributed by atoms with Crippen LogP contribution < -0.4 is 10.6 Å². The van der Waals surface area contributed by atoms with E-state index in [0.29, 0.717) is 18.2 Å². The van der Waals surface area contributed by atoms with Gasteiger partial charge in [0.1, 0.15) is 5.69 Å². The Balaban J connectivity index is 1.46. The lowest BCUT2D eigenvalue weighted by Gasteiger charge is -2.09. The second-order valence-electron chi connectivity index (χ2n) is 7.53. The number of carbonyl (C=O) groups excluding carboxylic acids is 1. The maximum atomic E-state index is 12.4. The average molecular weight is 416 g/mol. The smallest absolute Gasteiger partial charge is 0.267 e. The first-order valence-corrected chi connectivity index (χ1v) is 10.1. The summed E-state index contributed by atoms with van der Waals surface area (Å²) in [6.45, 7) is 1.58. The Morgan fingerprint density at radius 3 is 2.84 bits per heavy atom. The molecule has 0 bridgehead atoms. The van der Waals surface area contributed by atoms with E-state index in [2.05, 4.69) is 35.5 Å². The van der Waals surface area contributed by atoms with Gasteiger partial charge >= 0.3 is 0 Å². The molecule has 3 heterocycles. The molecular formula is C23H25N7O. The van der Waals surface area contributed by atoms with Crippen LogP contribution in [0.25, 0.3) is 22.2 Å². The quantitative estimate of drug-likeness (QED) is 0.381. The molecule has 0 fully saturated rings. The van der Waals surface area contributed by atoms with Crippen molar-refractivity contribution >= 4 is 28.4 Å². The van der Waals surface area contributed by atoms with E-state index in [-0.39, 0.29) is 5.91 Å². The number of carbonyl (C=O) groups is 1. The van der Waals surface area contributed by atoms with Crippen molar-refractivity contribution in [2.24, 2.45) is 0 Å². The second-order valence-corrected chi connectivity index (χ2v) is 7.53.